The van der Waals surface area contributed by atoms with Crippen LogP contribution in [0.15, 0.2) is 24.3 Å². The van der Waals surface area contributed by atoms with Gasteiger partial charge in [-0.3, -0.25) is 9.59 Å². The van der Waals surface area contributed by atoms with Gasteiger partial charge in [-0.1, -0.05) is 12.1 Å². The number of benzene rings is 1. The fourth-order valence-electron chi connectivity index (χ4n) is 4.52. The molecular weight excluding hydrogens is 302 g/mol. The highest BCUT2D eigenvalue weighted by Crippen LogP contribution is 2.56. The van der Waals surface area contributed by atoms with E-state index in [1.165, 1.54) is 18.2 Å². The molecule has 120 valence electrons. The van der Waals surface area contributed by atoms with Gasteiger partial charge in [-0.05, 0) is 18.6 Å². The lowest BCUT2D eigenvalue weighted by atomic mass is 9.78. The number of para-hydroxylation sites is 1. The lowest BCUT2D eigenvalue weighted by Crippen LogP contribution is -2.43. The van der Waals surface area contributed by atoms with Gasteiger partial charge in [0.2, 0.25) is 11.8 Å². The molecule has 0 unspecified atom stereocenters. The number of fused-ring (bicyclic) bond motifs is 5. The molecule has 0 aromatic heterocycles. The van der Waals surface area contributed by atoms with Gasteiger partial charge in [-0.15, -0.1) is 0 Å². The number of carbonyl (C=O) groups is 3. The van der Waals surface area contributed by atoms with Crippen molar-refractivity contribution in [3.8, 4) is 0 Å². The number of imide groups is 1. The number of aliphatic hydroxyl groups is 2. The first-order valence-corrected chi connectivity index (χ1v) is 7.49. The average molecular weight is 317 g/mol. The van der Waals surface area contributed by atoms with Gasteiger partial charge < -0.3 is 15.3 Å². The molecule has 1 heterocycles. The highest BCUT2D eigenvalue weighted by molar-refractivity contribution is 6.24. The van der Waals surface area contributed by atoms with Crippen molar-refractivity contribution in [2.75, 3.05) is 4.90 Å². The molecule has 3 N–H and O–H groups in total. The van der Waals surface area contributed by atoms with Crippen molar-refractivity contribution in [3.05, 3.63) is 29.8 Å². The maximum atomic E-state index is 12.7. The summed E-state index contributed by atoms with van der Waals surface area (Å²) in [6.07, 6.45) is -1.57. The molecule has 7 heteroatoms. The average Bonchev–Trinajstić information content (AvgIpc) is 3.12. The number of anilines is 1. The van der Waals surface area contributed by atoms with Crippen molar-refractivity contribution in [3.63, 3.8) is 0 Å². The number of aromatic carboxylic acids is 1. The standard InChI is InChI=1S/C16H15NO6/c18-12-7-5-8(13(12)19)11-10(7)14(20)17(15(11)21)9-4-2-1-3-6(9)16(22)23/h1-4,7-8,10-13,18-19H,5H2,(H,22,23)/t7-,8+,10-,11-,12-,13-/m0/s1. The number of carboxylic acids is 1. The number of nitrogens with zero attached hydrogens (tertiary/aromatic N) is 1. The van der Waals surface area contributed by atoms with Crippen molar-refractivity contribution < 1.29 is 29.7 Å². The summed E-state index contributed by atoms with van der Waals surface area (Å²) in [7, 11) is 0. The molecule has 2 bridgehead atoms. The van der Waals surface area contributed by atoms with E-state index in [0.29, 0.717) is 6.42 Å². The van der Waals surface area contributed by atoms with Gasteiger partial charge in [-0.25, -0.2) is 9.69 Å². The molecule has 2 amide bonds. The number of hydrogen-bond donors (Lipinski definition) is 3. The second-order valence-electron chi connectivity index (χ2n) is 6.43. The van der Waals surface area contributed by atoms with Crippen LogP contribution in [0.5, 0.6) is 0 Å². The Hall–Kier alpha value is -2.25. The van der Waals surface area contributed by atoms with Crippen LogP contribution in [0.2, 0.25) is 0 Å². The van der Waals surface area contributed by atoms with Gasteiger partial charge in [0, 0.05) is 11.8 Å². The Kier molecular flexibility index (Phi) is 2.88. The Morgan fingerprint density at radius 3 is 2.04 bits per heavy atom. The van der Waals surface area contributed by atoms with Crippen molar-refractivity contribution in [1.29, 1.82) is 0 Å². The lowest BCUT2D eigenvalue weighted by Gasteiger charge is -2.29. The summed E-state index contributed by atoms with van der Waals surface area (Å²) in [5.74, 6) is -4.42. The Morgan fingerprint density at radius 1 is 1.00 bits per heavy atom. The fourth-order valence-corrected chi connectivity index (χ4v) is 4.52. The molecule has 1 aliphatic heterocycles. The molecule has 2 saturated carbocycles. The SMILES string of the molecule is O=C(O)c1ccccc1N1C(=O)[C@H]2[C@@H]3C[C@@H]([C@H](O)[C@H]3O)[C@@H]2C1=O. The van der Waals surface area contributed by atoms with E-state index >= 15 is 0 Å². The number of carboxylic acid groups (broad SMARTS) is 1. The van der Waals surface area contributed by atoms with Gasteiger partial charge in [0.1, 0.15) is 0 Å². The Morgan fingerprint density at radius 2 is 1.52 bits per heavy atom. The van der Waals surface area contributed by atoms with Crippen LogP contribution in [0.3, 0.4) is 0 Å². The monoisotopic (exact) mass is 317 g/mol. The van der Waals surface area contributed by atoms with Crippen LogP contribution in [0.1, 0.15) is 16.8 Å². The summed E-state index contributed by atoms with van der Waals surface area (Å²) in [6.45, 7) is 0. The third-order valence-corrected chi connectivity index (χ3v) is 5.47. The van der Waals surface area contributed by atoms with E-state index in [1.54, 1.807) is 6.07 Å². The summed E-state index contributed by atoms with van der Waals surface area (Å²) in [5.41, 5.74) is -0.0737. The predicted molar refractivity (Wildman–Crippen MR) is 76.5 cm³/mol. The summed E-state index contributed by atoms with van der Waals surface area (Å²) in [4.78, 5) is 37.7. The molecule has 1 aromatic rings. The smallest absolute Gasteiger partial charge is 0.337 e. The number of aliphatic hydroxyl groups excluding tert-OH is 2. The third kappa shape index (κ3) is 1.69. The van der Waals surface area contributed by atoms with E-state index in [4.69, 9.17) is 0 Å². The van der Waals surface area contributed by atoms with Crippen molar-refractivity contribution >= 4 is 23.5 Å². The van der Waals surface area contributed by atoms with Gasteiger partial charge >= 0.3 is 5.97 Å². The second-order valence-corrected chi connectivity index (χ2v) is 6.43. The lowest BCUT2D eigenvalue weighted by molar-refractivity contribution is -0.129. The predicted octanol–water partition coefficient (Wildman–Crippen LogP) is -0.138. The maximum Gasteiger partial charge on any atom is 0.337 e. The van der Waals surface area contributed by atoms with Crippen molar-refractivity contribution in [1.82, 2.24) is 0 Å². The zero-order valence-corrected chi connectivity index (χ0v) is 12.0. The molecule has 23 heavy (non-hydrogen) atoms. The van der Waals surface area contributed by atoms with Crippen molar-refractivity contribution in [2.45, 2.75) is 18.6 Å². The number of amides is 2. The van der Waals surface area contributed by atoms with Crippen LogP contribution in [0.4, 0.5) is 5.69 Å². The Bertz CT molecular complexity index is 699. The molecule has 2 aliphatic carbocycles. The molecule has 1 saturated heterocycles. The molecule has 0 spiro atoms. The molecule has 3 fully saturated rings. The Labute approximate surface area is 131 Å². The van der Waals surface area contributed by atoms with Gasteiger partial charge in [0.05, 0.1) is 35.3 Å². The van der Waals surface area contributed by atoms with Crippen LogP contribution in [-0.2, 0) is 9.59 Å². The third-order valence-electron chi connectivity index (χ3n) is 5.47. The highest BCUT2D eigenvalue weighted by Gasteiger charge is 2.67. The first kappa shape index (κ1) is 14.3. The van der Waals surface area contributed by atoms with E-state index in [9.17, 15) is 29.7 Å². The number of rotatable bonds is 2. The molecule has 6 atom stereocenters. The highest BCUT2D eigenvalue weighted by atomic mass is 16.4. The minimum atomic E-state index is -1.22. The summed E-state index contributed by atoms with van der Waals surface area (Å²) in [5, 5.41) is 29.3. The topological polar surface area (TPSA) is 115 Å². The molecule has 7 nitrogen and oxygen atoms in total. The summed E-state index contributed by atoms with van der Waals surface area (Å²) < 4.78 is 0. The minimum absolute atomic E-state index is 0.0489. The Balaban J connectivity index is 1.78. The normalized spacial score (nSPS) is 38.3. The van der Waals surface area contributed by atoms with Crippen LogP contribution < -0.4 is 4.90 Å². The first-order valence-electron chi connectivity index (χ1n) is 7.49. The molecule has 3 aliphatic rings. The van der Waals surface area contributed by atoms with E-state index in [0.717, 1.165) is 4.90 Å². The van der Waals surface area contributed by atoms with E-state index in [1.807, 2.05) is 0 Å². The molecular formula is C16H15NO6. The van der Waals surface area contributed by atoms with Crippen LogP contribution in [-0.4, -0.2) is 45.3 Å². The van der Waals surface area contributed by atoms with Gasteiger partial charge in [0.25, 0.3) is 0 Å². The summed E-state index contributed by atoms with van der Waals surface area (Å²) >= 11 is 0. The van der Waals surface area contributed by atoms with E-state index in [-0.39, 0.29) is 11.3 Å². The molecule has 1 aromatic carbocycles. The quantitative estimate of drug-likeness (QED) is 0.654. The second kappa shape index (κ2) is 4.62. The van der Waals surface area contributed by atoms with Gasteiger partial charge in [-0.2, -0.15) is 0 Å². The van der Waals surface area contributed by atoms with Crippen LogP contribution in [0.25, 0.3) is 0 Å². The first-order chi connectivity index (χ1) is 10.9. The van der Waals surface area contributed by atoms with Crippen molar-refractivity contribution in [2.24, 2.45) is 23.7 Å². The molecule has 4 rings (SSSR count). The fraction of sp³-hybridized carbons (Fsp3) is 0.438. The number of hydrogen-bond acceptors (Lipinski definition) is 5. The number of carbonyl (C=O) groups excluding carboxylic acids is 2. The zero-order chi connectivity index (χ0) is 16.5. The van der Waals surface area contributed by atoms with Crippen LogP contribution >= 0.6 is 0 Å². The zero-order valence-electron chi connectivity index (χ0n) is 12.0. The maximum absolute atomic E-state index is 12.7. The van der Waals surface area contributed by atoms with Gasteiger partial charge in [0.15, 0.2) is 0 Å². The largest absolute Gasteiger partial charge is 0.478 e. The van der Waals surface area contributed by atoms with Crippen LogP contribution in [0, 0.1) is 23.7 Å². The molecule has 0 radical (unpaired) electrons. The minimum Gasteiger partial charge on any atom is -0.478 e. The summed E-state index contributed by atoms with van der Waals surface area (Å²) in [6, 6.07) is 5.85. The van der Waals surface area contributed by atoms with E-state index in [2.05, 4.69) is 0 Å². The van der Waals surface area contributed by atoms with E-state index < -0.39 is 53.7 Å².